The van der Waals surface area contributed by atoms with Crippen molar-refractivity contribution in [3.8, 4) is 17.2 Å². The third-order valence-electron chi connectivity index (χ3n) is 9.12. The van der Waals surface area contributed by atoms with E-state index in [-0.39, 0.29) is 53.7 Å². The van der Waals surface area contributed by atoms with Crippen molar-refractivity contribution in [3.63, 3.8) is 0 Å². The minimum absolute atomic E-state index is 0.0193. The summed E-state index contributed by atoms with van der Waals surface area (Å²) in [6.45, 7) is 0.444. The van der Waals surface area contributed by atoms with Gasteiger partial charge < -0.3 is 49.8 Å². The van der Waals surface area contributed by atoms with Gasteiger partial charge in [0, 0.05) is 48.8 Å². The van der Waals surface area contributed by atoms with E-state index in [2.05, 4.69) is 10.1 Å². The number of rotatable bonds is 10. The number of hydrogen-bond acceptors (Lipinski definition) is 14. The van der Waals surface area contributed by atoms with Crippen LogP contribution in [0.3, 0.4) is 0 Å². The summed E-state index contributed by atoms with van der Waals surface area (Å²) in [4.78, 5) is 64.3. The molecule has 0 aromatic heterocycles. The predicted molar refractivity (Wildman–Crippen MR) is 162 cm³/mol. The molecule has 2 aliphatic carbocycles. The summed E-state index contributed by atoms with van der Waals surface area (Å²) < 4.78 is 21.9. The molecule has 258 valence electrons. The van der Waals surface area contributed by atoms with Crippen LogP contribution >= 0.6 is 0 Å². The van der Waals surface area contributed by atoms with Crippen LogP contribution in [0.1, 0.15) is 88.1 Å². The average Bonchev–Trinajstić information content (AvgIpc) is 3.06. The second kappa shape index (κ2) is 13.6. The molecule has 6 atom stereocenters. The third-order valence-corrected chi connectivity index (χ3v) is 9.12. The van der Waals surface area contributed by atoms with Crippen LogP contribution in [0, 0.1) is 0 Å². The highest BCUT2D eigenvalue weighted by Crippen LogP contribution is 2.52. The van der Waals surface area contributed by atoms with Gasteiger partial charge in [0.05, 0.1) is 49.2 Å². The van der Waals surface area contributed by atoms with Gasteiger partial charge in [-0.2, -0.15) is 0 Å². The van der Waals surface area contributed by atoms with Gasteiger partial charge in [0.25, 0.3) is 0 Å². The van der Waals surface area contributed by atoms with Crippen molar-refractivity contribution in [1.29, 1.82) is 0 Å². The second-order valence-corrected chi connectivity index (χ2v) is 12.1. The molecule has 1 amide bonds. The quantitative estimate of drug-likeness (QED) is 0.127. The SMILES string of the molecule is COC(=O)CCCC(=O)N[C@H]1C[C@H](O[C@H]2C[C@](O)(C(=O)CO)Cc3c(O)c4c(c(O)c32)C(=O)c2c(OC)cccc2C4=O)O[C@@H](C)[C@H]1O. The highest BCUT2D eigenvalue weighted by Gasteiger charge is 2.50. The molecule has 2 aromatic rings. The third kappa shape index (κ3) is 6.15. The summed E-state index contributed by atoms with van der Waals surface area (Å²) in [6.07, 6.45) is -5.93. The van der Waals surface area contributed by atoms with E-state index in [1.165, 1.54) is 39.3 Å². The van der Waals surface area contributed by atoms with Gasteiger partial charge in [-0.15, -0.1) is 0 Å². The molecule has 0 bridgehead atoms. The number of esters is 1. The van der Waals surface area contributed by atoms with Gasteiger partial charge in [-0.3, -0.25) is 24.0 Å². The number of aromatic hydroxyl groups is 2. The number of carbonyl (C=O) groups excluding carboxylic acids is 5. The van der Waals surface area contributed by atoms with Crippen LogP contribution in [0.2, 0.25) is 0 Å². The van der Waals surface area contributed by atoms with Crippen LogP contribution in [0.15, 0.2) is 18.2 Å². The lowest BCUT2D eigenvalue weighted by Gasteiger charge is -2.43. The summed E-state index contributed by atoms with van der Waals surface area (Å²) in [6, 6.07) is 3.39. The average molecular weight is 672 g/mol. The fourth-order valence-corrected chi connectivity index (χ4v) is 6.63. The van der Waals surface area contributed by atoms with Gasteiger partial charge in [0.15, 0.2) is 17.9 Å². The number of aliphatic hydroxyl groups is 3. The van der Waals surface area contributed by atoms with E-state index < -0.39 is 108 Å². The Bertz CT molecular complexity index is 1670. The monoisotopic (exact) mass is 671 g/mol. The molecule has 3 aliphatic rings. The minimum atomic E-state index is -2.33. The molecule has 6 N–H and O–H groups in total. The Labute approximate surface area is 274 Å². The first kappa shape index (κ1) is 34.9. The number of methoxy groups -OCH3 is 2. The number of benzene rings is 2. The van der Waals surface area contributed by atoms with E-state index in [0.717, 1.165) is 0 Å². The van der Waals surface area contributed by atoms with Gasteiger partial charge in [-0.1, -0.05) is 12.1 Å². The van der Waals surface area contributed by atoms with Gasteiger partial charge in [-0.25, -0.2) is 0 Å². The van der Waals surface area contributed by atoms with Crippen LogP contribution < -0.4 is 10.1 Å². The highest BCUT2D eigenvalue weighted by molar-refractivity contribution is 6.31. The lowest BCUT2D eigenvalue weighted by atomic mass is 9.72. The number of phenolic OH excluding ortho intramolecular Hbond substituents is 2. The molecular weight excluding hydrogens is 634 g/mol. The molecule has 5 rings (SSSR count). The molecule has 1 heterocycles. The van der Waals surface area contributed by atoms with Crippen LogP contribution in [0.4, 0.5) is 0 Å². The lowest BCUT2D eigenvalue weighted by Crippen LogP contribution is -2.55. The number of fused-ring (bicyclic) bond motifs is 3. The van der Waals surface area contributed by atoms with Gasteiger partial charge >= 0.3 is 5.97 Å². The van der Waals surface area contributed by atoms with Gasteiger partial charge in [0.2, 0.25) is 11.7 Å². The molecule has 15 heteroatoms. The van der Waals surface area contributed by atoms with Crippen molar-refractivity contribution < 1.29 is 68.5 Å². The summed E-state index contributed by atoms with van der Waals surface area (Å²) in [5.41, 5.74) is -4.04. The van der Waals surface area contributed by atoms with Crippen molar-refractivity contribution in [3.05, 3.63) is 51.6 Å². The smallest absolute Gasteiger partial charge is 0.305 e. The first-order valence-electron chi connectivity index (χ1n) is 15.3. The fourth-order valence-electron chi connectivity index (χ4n) is 6.63. The molecule has 0 unspecified atom stereocenters. The van der Waals surface area contributed by atoms with E-state index in [0.29, 0.717) is 0 Å². The van der Waals surface area contributed by atoms with E-state index in [9.17, 15) is 49.5 Å². The van der Waals surface area contributed by atoms with Crippen LogP contribution in [0.5, 0.6) is 17.2 Å². The summed E-state index contributed by atoms with van der Waals surface area (Å²) in [5, 5.41) is 57.7. The zero-order valence-electron chi connectivity index (χ0n) is 26.5. The Morgan fingerprint density at radius 2 is 1.75 bits per heavy atom. The Kier molecular flexibility index (Phi) is 9.89. The number of carbonyl (C=O) groups is 5. The maximum atomic E-state index is 13.8. The first-order valence-corrected chi connectivity index (χ1v) is 15.3. The van der Waals surface area contributed by atoms with Crippen molar-refractivity contribution in [2.24, 2.45) is 0 Å². The normalized spacial score (nSPS) is 26.2. The van der Waals surface area contributed by atoms with Crippen molar-refractivity contribution in [1.82, 2.24) is 5.32 Å². The largest absolute Gasteiger partial charge is 0.507 e. The minimum Gasteiger partial charge on any atom is -0.507 e. The molecule has 0 radical (unpaired) electrons. The molecule has 0 saturated carbocycles. The van der Waals surface area contributed by atoms with E-state index in [1.807, 2.05) is 0 Å². The fraction of sp³-hybridized carbons (Fsp3) is 0.485. The highest BCUT2D eigenvalue weighted by atomic mass is 16.7. The number of ether oxygens (including phenoxy) is 4. The van der Waals surface area contributed by atoms with Crippen molar-refractivity contribution in [2.45, 2.75) is 81.7 Å². The Balaban J connectivity index is 1.51. The molecule has 1 saturated heterocycles. The number of phenols is 2. The molecule has 1 fully saturated rings. The maximum absolute atomic E-state index is 13.8. The number of amides is 1. The molecule has 1 aliphatic heterocycles. The topological polar surface area (TPSA) is 235 Å². The molecule has 2 aromatic carbocycles. The second-order valence-electron chi connectivity index (χ2n) is 12.1. The van der Waals surface area contributed by atoms with Crippen molar-refractivity contribution >= 4 is 29.2 Å². The van der Waals surface area contributed by atoms with Crippen LogP contribution in [-0.2, 0) is 35.0 Å². The summed E-state index contributed by atoms with van der Waals surface area (Å²) >= 11 is 0. The van der Waals surface area contributed by atoms with E-state index in [4.69, 9.17) is 14.2 Å². The Morgan fingerprint density at radius 3 is 2.42 bits per heavy atom. The Hall–Kier alpha value is -4.41. The molecule has 0 spiro atoms. The zero-order valence-corrected chi connectivity index (χ0v) is 26.5. The number of ketones is 3. The summed E-state index contributed by atoms with van der Waals surface area (Å²) in [5.74, 6) is -5.02. The van der Waals surface area contributed by atoms with Gasteiger partial charge in [-0.05, 0) is 19.4 Å². The lowest BCUT2D eigenvalue weighted by molar-refractivity contribution is -0.249. The number of aliphatic hydroxyl groups excluding tert-OH is 2. The molecular formula is C33H37NO14. The van der Waals surface area contributed by atoms with Crippen molar-refractivity contribution in [2.75, 3.05) is 20.8 Å². The number of nitrogens with one attached hydrogen (secondary N) is 1. The van der Waals surface area contributed by atoms with E-state index in [1.54, 1.807) is 0 Å². The number of Topliss-reactive ketones (excluding diaryl/α,β-unsaturated/α-hetero) is 1. The van der Waals surface area contributed by atoms with E-state index >= 15 is 0 Å². The van der Waals surface area contributed by atoms with Gasteiger partial charge in [0.1, 0.15) is 35.6 Å². The molecule has 48 heavy (non-hydrogen) atoms. The Morgan fingerprint density at radius 1 is 1.04 bits per heavy atom. The predicted octanol–water partition coefficient (Wildman–Crippen LogP) is 0.502. The summed E-state index contributed by atoms with van der Waals surface area (Å²) in [7, 11) is 2.53. The maximum Gasteiger partial charge on any atom is 0.305 e. The standard InChI is InChI=1S/C33H37NO14/c1-14-28(39)17(34-21(37)8-5-9-22(38)46-3)10-23(47-14)48-19-12-33(44,20(36)13-35)11-16-25(19)32(43)27-26(30(16)41)29(40)15-6-4-7-18(45-2)24(15)31(27)42/h4,6-7,14,17,19,23,28,35,39,41,43-44H,5,8-13H2,1-3H3,(H,34,37)/t14-,17-,19-,23-,28+,33-/m0/s1. The van der Waals surface area contributed by atoms with Crippen LogP contribution in [0.25, 0.3) is 0 Å². The molecule has 15 nitrogen and oxygen atoms in total. The first-order chi connectivity index (χ1) is 22.8. The number of hydrogen-bond donors (Lipinski definition) is 6. The van der Waals surface area contributed by atoms with Crippen LogP contribution in [-0.4, -0.2) is 106 Å². The zero-order chi connectivity index (χ0) is 35.1.